The number of hydrogen-bond donors (Lipinski definition) is 2. The Morgan fingerprint density at radius 2 is 1.76 bits per heavy atom. The molecular weight excluding hydrogens is 287 g/mol. The highest BCUT2D eigenvalue weighted by Gasteiger charge is 2.60. The molecule has 1 heterocycles. The predicted molar refractivity (Wildman–Crippen MR) is 69.7 cm³/mol. The third kappa shape index (κ3) is 3.04. The molecule has 7 heteroatoms. The summed E-state index contributed by atoms with van der Waals surface area (Å²) in [5, 5.41) is 19.1. The molecule has 1 aliphatic carbocycles. The normalized spacial score (nSPS) is 30.2. The van der Waals surface area contributed by atoms with Crippen LogP contribution in [0, 0.1) is 0 Å². The first-order valence-corrected chi connectivity index (χ1v) is 7.43. The van der Waals surface area contributed by atoms with Crippen LogP contribution in [0.5, 0.6) is 0 Å². The smallest absolute Gasteiger partial charge is 0.352 e. The molecule has 0 aromatic carbocycles. The van der Waals surface area contributed by atoms with Gasteiger partial charge in [-0.05, 0) is 25.7 Å². The lowest BCUT2D eigenvalue weighted by molar-refractivity contribution is -0.212. The summed E-state index contributed by atoms with van der Waals surface area (Å²) in [6, 6.07) is 0. The number of hydrogen-bond acceptors (Lipinski definition) is 3. The van der Waals surface area contributed by atoms with Crippen molar-refractivity contribution < 1.29 is 28.2 Å². The molecule has 1 saturated carbocycles. The molecule has 1 saturated heterocycles. The molecule has 2 fully saturated rings. The molecule has 1 unspecified atom stereocenters. The third-order valence-corrected chi connectivity index (χ3v) is 4.63. The Bertz CT molecular complexity index is 399. The van der Waals surface area contributed by atoms with Crippen molar-refractivity contribution in [3.8, 4) is 0 Å². The van der Waals surface area contributed by atoms with E-state index in [0.29, 0.717) is 12.8 Å². The topological polar surface area (TPSA) is 60.8 Å². The maximum Gasteiger partial charge on any atom is 0.352 e. The van der Waals surface area contributed by atoms with E-state index in [4.69, 9.17) is 5.11 Å². The van der Waals surface area contributed by atoms with Crippen LogP contribution in [0.3, 0.4) is 0 Å². The monoisotopic (exact) mass is 309 g/mol. The van der Waals surface area contributed by atoms with E-state index in [0.717, 1.165) is 11.3 Å². The Morgan fingerprint density at radius 3 is 2.33 bits per heavy atom. The maximum atomic E-state index is 14.4. The van der Waals surface area contributed by atoms with Crippen LogP contribution in [-0.4, -0.2) is 57.9 Å². The highest BCUT2D eigenvalue weighted by Crippen LogP contribution is 2.42. The molecule has 1 amide bonds. The van der Waals surface area contributed by atoms with Gasteiger partial charge in [0.15, 0.2) is 5.67 Å². The number of alkyl halides is 3. The molecule has 2 aliphatic rings. The van der Waals surface area contributed by atoms with Gasteiger partial charge >= 0.3 is 5.92 Å². The Morgan fingerprint density at radius 1 is 1.14 bits per heavy atom. The van der Waals surface area contributed by atoms with E-state index in [2.05, 4.69) is 0 Å². The van der Waals surface area contributed by atoms with E-state index in [1.165, 1.54) is 0 Å². The van der Waals surface area contributed by atoms with Gasteiger partial charge in [0.05, 0.1) is 13.2 Å². The fourth-order valence-corrected chi connectivity index (χ4v) is 3.24. The molecule has 2 rings (SSSR count). The summed E-state index contributed by atoms with van der Waals surface area (Å²) in [6.45, 7) is -1.32. The van der Waals surface area contributed by atoms with Gasteiger partial charge in [-0.25, -0.2) is 4.39 Å². The molecular formula is C14H22F3NO3. The number of carbonyl (C=O) groups excluding carboxylic acids is 1. The van der Waals surface area contributed by atoms with Gasteiger partial charge in [0.1, 0.15) is 5.60 Å². The van der Waals surface area contributed by atoms with Gasteiger partial charge in [-0.1, -0.05) is 19.3 Å². The molecule has 0 radical (unpaired) electrons. The first-order valence-electron chi connectivity index (χ1n) is 7.43. The quantitative estimate of drug-likeness (QED) is 0.833. The molecule has 122 valence electrons. The van der Waals surface area contributed by atoms with Gasteiger partial charge in [0.25, 0.3) is 5.91 Å². The Labute approximate surface area is 121 Å². The first-order chi connectivity index (χ1) is 9.74. The van der Waals surface area contributed by atoms with Gasteiger partial charge in [0.2, 0.25) is 0 Å². The number of aliphatic hydroxyl groups is 2. The second-order valence-electron chi connectivity index (χ2n) is 6.31. The van der Waals surface area contributed by atoms with Crippen molar-refractivity contribution in [2.75, 3.05) is 19.7 Å². The fourth-order valence-electron chi connectivity index (χ4n) is 3.24. The molecule has 4 nitrogen and oxygen atoms in total. The summed E-state index contributed by atoms with van der Waals surface area (Å²) in [6.07, 6.45) is 1.67. The van der Waals surface area contributed by atoms with Gasteiger partial charge in [-0.15, -0.1) is 0 Å². The Kier molecular flexibility index (Phi) is 4.54. The lowest BCUT2D eigenvalue weighted by Gasteiger charge is -2.42. The number of aliphatic hydroxyl groups excluding tert-OH is 1. The summed E-state index contributed by atoms with van der Waals surface area (Å²) in [4.78, 5) is 12.8. The summed E-state index contributed by atoms with van der Waals surface area (Å²) in [5.41, 5.74) is -4.36. The van der Waals surface area contributed by atoms with Crippen molar-refractivity contribution in [3.05, 3.63) is 0 Å². The van der Waals surface area contributed by atoms with Gasteiger partial charge in [0, 0.05) is 6.54 Å². The Balaban J connectivity index is 2.14. The predicted octanol–water partition coefficient (Wildman–Crippen LogP) is 1.64. The number of rotatable bonds is 3. The van der Waals surface area contributed by atoms with E-state index < -0.39 is 36.3 Å². The first kappa shape index (κ1) is 16.5. The average Bonchev–Trinajstić information content (AvgIpc) is 2.47. The van der Waals surface area contributed by atoms with Gasteiger partial charge in [-0.3, -0.25) is 4.79 Å². The maximum absolute atomic E-state index is 14.4. The highest BCUT2D eigenvalue weighted by molar-refractivity contribution is 5.85. The van der Waals surface area contributed by atoms with E-state index in [1.807, 2.05) is 0 Å². The minimum absolute atomic E-state index is 0.0240. The van der Waals surface area contributed by atoms with Crippen molar-refractivity contribution in [2.45, 2.75) is 62.1 Å². The standard InChI is InChI=1S/C14H22F3NO3/c15-12(10-19)5-4-8-18(9-12)11(20)14(16,17)13(21)6-2-1-3-7-13/h19,21H,1-10H2. The van der Waals surface area contributed by atoms with Crippen LogP contribution in [-0.2, 0) is 4.79 Å². The summed E-state index contributed by atoms with van der Waals surface area (Å²) in [5.74, 6) is -5.44. The van der Waals surface area contributed by atoms with E-state index in [1.54, 1.807) is 0 Å². The van der Waals surface area contributed by atoms with Crippen LogP contribution in [0.25, 0.3) is 0 Å². The second kappa shape index (κ2) is 5.76. The second-order valence-corrected chi connectivity index (χ2v) is 6.31. The number of amides is 1. The number of halogens is 3. The molecule has 1 aliphatic heterocycles. The van der Waals surface area contributed by atoms with E-state index in [9.17, 15) is 23.1 Å². The third-order valence-electron chi connectivity index (χ3n) is 4.63. The van der Waals surface area contributed by atoms with E-state index in [-0.39, 0.29) is 32.2 Å². The molecule has 21 heavy (non-hydrogen) atoms. The molecule has 0 spiro atoms. The van der Waals surface area contributed by atoms with Crippen molar-refractivity contribution in [1.82, 2.24) is 4.90 Å². The van der Waals surface area contributed by atoms with Crippen LogP contribution in [0.1, 0.15) is 44.9 Å². The number of nitrogens with zero attached hydrogens (tertiary/aromatic N) is 1. The van der Waals surface area contributed by atoms with Crippen LogP contribution >= 0.6 is 0 Å². The average molecular weight is 309 g/mol. The molecule has 1 atom stereocenters. The van der Waals surface area contributed by atoms with Crippen molar-refractivity contribution in [3.63, 3.8) is 0 Å². The lowest BCUT2D eigenvalue weighted by Crippen LogP contribution is -2.61. The summed E-state index contributed by atoms with van der Waals surface area (Å²) in [7, 11) is 0. The largest absolute Gasteiger partial charge is 0.393 e. The van der Waals surface area contributed by atoms with Crippen LogP contribution in [0.4, 0.5) is 13.2 Å². The summed E-state index contributed by atoms with van der Waals surface area (Å²) >= 11 is 0. The minimum atomic E-state index is -3.92. The molecule has 0 aromatic rings. The number of piperidine rings is 1. The SMILES string of the molecule is O=C(N1CCCC(F)(CO)C1)C(F)(F)C1(O)CCCCC1. The zero-order valence-corrected chi connectivity index (χ0v) is 12.0. The van der Waals surface area contributed by atoms with Crippen LogP contribution in [0.15, 0.2) is 0 Å². The number of carbonyl (C=O) groups is 1. The van der Waals surface area contributed by atoms with Crippen molar-refractivity contribution >= 4 is 5.91 Å². The zero-order chi connectivity index (χ0) is 15.7. The van der Waals surface area contributed by atoms with Crippen LogP contribution in [0.2, 0.25) is 0 Å². The van der Waals surface area contributed by atoms with Crippen molar-refractivity contribution in [1.29, 1.82) is 0 Å². The van der Waals surface area contributed by atoms with E-state index >= 15 is 0 Å². The summed E-state index contributed by atoms with van der Waals surface area (Å²) < 4.78 is 42.9. The fraction of sp³-hybridized carbons (Fsp3) is 0.929. The van der Waals surface area contributed by atoms with Crippen LogP contribution < -0.4 is 0 Å². The lowest BCUT2D eigenvalue weighted by atomic mass is 9.79. The Hall–Kier alpha value is -0.820. The number of likely N-dealkylation sites (tertiary alicyclic amines) is 1. The molecule has 2 N–H and O–H groups in total. The zero-order valence-electron chi connectivity index (χ0n) is 12.0. The minimum Gasteiger partial charge on any atom is -0.393 e. The molecule has 0 aromatic heterocycles. The van der Waals surface area contributed by atoms with Crippen molar-refractivity contribution in [2.24, 2.45) is 0 Å². The van der Waals surface area contributed by atoms with Gasteiger partial charge < -0.3 is 15.1 Å². The molecule has 0 bridgehead atoms. The highest BCUT2D eigenvalue weighted by atomic mass is 19.3. The van der Waals surface area contributed by atoms with Gasteiger partial charge in [-0.2, -0.15) is 8.78 Å².